The average Bonchev–Trinajstić information content (AvgIpc) is 3.13. The highest BCUT2D eigenvalue weighted by Gasteiger charge is 2.40. The second-order valence-corrected chi connectivity index (χ2v) is 8.71. The van der Waals surface area contributed by atoms with Crippen molar-refractivity contribution in [1.82, 2.24) is 24.7 Å². The van der Waals surface area contributed by atoms with E-state index in [1.807, 2.05) is 0 Å². The van der Waals surface area contributed by atoms with Gasteiger partial charge in [0, 0.05) is 50.2 Å². The summed E-state index contributed by atoms with van der Waals surface area (Å²) < 4.78 is 0. The zero-order valence-corrected chi connectivity index (χ0v) is 18.3. The maximum Gasteiger partial charge on any atom is 0.274 e. The minimum absolute atomic E-state index is 0.0507. The number of benzene rings is 1. The van der Waals surface area contributed by atoms with Crippen molar-refractivity contribution >= 4 is 23.6 Å². The van der Waals surface area contributed by atoms with Gasteiger partial charge in [-0.15, -0.1) is 0 Å². The first kappa shape index (κ1) is 21.2. The van der Waals surface area contributed by atoms with Gasteiger partial charge in [0.15, 0.2) is 0 Å². The lowest BCUT2D eigenvalue weighted by Gasteiger charge is -2.34. The number of carbonyl (C=O) groups is 4. The number of amides is 4. The molecule has 33 heavy (non-hydrogen) atoms. The highest BCUT2D eigenvalue weighted by atomic mass is 16.2. The Kier molecular flexibility index (Phi) is 5.62. The fourth-order valence-electron chi connectivity index (χ4n) is 4.93. The molecule has 2 aromatic rings. The molecule has 2 aliphatic heterocycles. The zero-order chi connectivity index (χ0) is 22.9. The van der Waals surface area contributed by atoms with Crippen LogP contribution in [0.4, 0.5) is 0 Å². The van der Waals surface area contributed by atoms with Gasteiger partial charge in [-0.1, -0.05) is 19.3 Å². The van der Waals surface area contributed by atoms with Gasteiger partial charge in [0.05, 0.1) is 17.3 Å². The molecule has 1 aromatic carbocycles. The van der Waals surface area contributed by atoms with Gasteiger partial charge < -0.3 is 9.80 Å². The van der Waals surface area contributed by atoms with Crippen LogP contribution in [0.25, 0.3) is 0 Å². The Morgan fingerprint density at radius 1 is 0.818 bits per heavy atom. The second-order valence-electron chi connectivity index (χ2n) is 8.71. The topological polar surface area (TPSA) is 104 Å². The zero-order valence-electron chi connectivity index (χ0n) is 18.3. The van der Waals surface area contributed by atoms with Crippen LogP contribution in [0.1, 0.15) is 73.7 Å². The average molecular weight is 447 g/mol. The number of hydrogen-bond donors (Lipinski definition) is 0. The number of carbonyl (C=O) groups excluding carboxylic acids is 4. The van der Waals surface area contributed by atoms with Crippen molar-refractivity contribution in [3.05, 3.63) is 59.2 Å². The summed E-state index contributed by atoms with van der Waals surface area (Å²) in [6.45, 7) is 1.53. The quantitative estimate of drug-likeness (QED) is 0.667. The van der Waals surface area contributed by atoms with E-state index in [2.05, 4.69) is 9.97 Å². The third kappa shape index (κ3) is 3.88. The van der Waals surface area contributed by atoms with E-state index < -0.39 is 0 Å². The first-order valence-electron chi connectivity index (χ1n) is 11.4. The molecule has 5 rings (SSSR count). The molecular formula is C24H25N5O4. The molecule has 0 bridgehead atoms. The van der Waals surface area contributed by atoms with E-state index in [0.717, 1.165) is 32.1 Å². The Hall–Kier alpha value is -3.62. The van der Waals surface area contributed by atoms with Crippen molar-refractivity contribution in [2.45, 2.75) is 38.1 Å². The summed E-state index contributed by atoms with van der Waals surface area (Å²) in [4.78, 5) is 64.3. The van der Waals surface area contributed by atoms with Crippen LogP contribution in [-0.4, -0.2) is 80.5 Å². The smallest absolute Gasteiger partial charge is 0.274 e. The summed E-state index contributed by atoms with van der Waals surface area (Å²) in [5.74, 6) is -0.964. The molecule has 3 heterocycles. The minimum Gasteiger partial charge on any atom is -0.335 e. The standard InChI is InChI=1S/C24H25N5O4/c30-21(27-10-12-28(13-11-27)24(33)20-15-25-8-9-26-20)16-6-7-18-19(14-16)23(32)29(22(18)31)17-4-2-1-3-5-17/h6-9,14-15,17H,1-5,10-13H2. The number of aromatic nitrogens is 2. The molecule has 1 aliphatic carbocycles. The van der Waals surface area contributed by atoms with Gasteiger partial charge in [0.1, 0.15) is 5.69 Å². The summed E-state index contributed by atoms with van der Waals surface area (Å²) in [5.41, 5.74) is 1.35. The van der Waals surface area contributed by atoms with E-state index in [1.165, 1.54) is 23.5 Å². The summed E-state index contributed by atoms with van der Waals surface area (Å²) in [6, 6.07) is 4.72. The van der Waals surface area contributed by atoms with Crippen LogP contribution >= 0.6 is 0 Å². The molecule has 1 saturated carbocycles. The lowest BCUT2D eigenvalue weighted by molar-refractivity contribution is 0.0531. The monoisotopic (exact) mass is 447 g/mol. The van der Waals surface area contributed by atoms with Crippen molar-refractivity contribution < 1.29 is 19.2 Å². The van der Waals surface area contributed by atoms with Crippen LogP contribution in [0, 0.1) is 0 Å². The molecule has 2 fully saturated rings. The van der Waals surface area contributed by atoms with Gasteiger partial charge in [-0.3, -0.25) is 29.1 Å². The van der Waals surface area contributed by atoms with Gasteiger partial charge in [-0.25, -0.2) is 4.98 Å². The van der Waals surface area contributed by atoms with Crippen LogP contribution in [0.5, 0.6) is 0 Å². The molecule has 4 amide bonds. The predicted molar refractivity (Wildman–Crippen MR) is 118 cm³/mol. The number of rotatable bonds is 3. The highest BCUT2D eigenvalue weighted by Crippen LogP contribution is 2.31. The Balaban J connectivity index is 1.27. The summed E-state index contributed by atoms with van der Waals surface area (Å²) in [7, 11) is 0. The SMILES string of the molecule is O=C(c1ccc2c(c1)C(=O)N(C1CCCCC1)C2=O)N1CCN(C(=O)c2cnccn2)CC1. The van der Waals surface area contributed by atoms with Gasteiger partial charge in [0.2, 0.25) is 0 Å². The number of piperazine rings is 1. The lowest BCUT2D eigenvalue weighted by atomic mass is 9.94. The Labute approximate surface area is 191 Å². The van der Waals surface area contributed by atoms with E-state index in [0.29, 0.717) is 42.9 Å². The Morgan fingerprint density at radius 3 is 2.15 bits per heavy atom. The molecule has 0 N–H and O–H groups in total. The van der Waals surface area contributed by atoms with Crippen LogP contribution in [0.2, 0.25) is 0 Å². The summed E-state index contributed by atoms with van der Waals surface area (Å²) in [5, 5.41) is 0. The largest absolute Gasteiger partial charge is 0.335 e. The maximum absolute atomic E-state index is 13.1. The fraction of sp³-hybridized carbons (Fsp3) is 0.417. The molecule has 1 aromatic heterocycles. The molecule has 0 unspecified atom stereocenters. The van der Waals surface area contributed by atoms with E-state index in [-0.39, 0.29) is 35.4 Å². The van der Waals surface area contributed by atoms with Gasteiger partial charge in [-0.05, 0) is 31.0 Å². The summed E-state index contributed by atoms with van der Waals surface area (Å²) in [6.07, 6.45) is 9.28. The fourth-order valence-corrected chi connectivity index (χ4v) is 4.93. The van der Waals surface area contributed by atoms with E-state index in [9.17, 15) is 19.2 Å². The van der Waals surface area contributed by atoms with Gasteiger partial charge >= 0.3 is 0 Å². The molecule has 0 atom stereocenters. The first-order valence-corrected chi connectivity index (χ1v) is 11.4. The van der Waals surface area contributed by atoms with Gasteiger partial charge in [-0.2, -0.15) is 0 Å². The van der Waals surface area contributed by atoms with E-state index >= 15 is 0 Å². The van der Waals surface area contributed by atoms with Crippen LogP contribution in [0.15, 0.2) is 36.8 Å². The number of hydrogen-bond acceptors (Lipinski definition) is 6. The second kappa shape index (κ2) is 8.73. The van der Waals surface area contributed by atoms with Crippen molar-refractivity contribution in [1.29, 1.82) is 0 Å². The van der Waals surface area contributed by atoms with Crippen LogP contribution < -0.4 is 0 Å². The third-order valence-electron chi connectivity index (χ3n) is 6.74. The molecule has 9 nitrogen and oxygen atoms in total. The molecule has 0 spiro atoms. The van der Waals surface area contributed by atoms with Gasteiger partial charge in [0.25, 0.3) is 23.6 Å². The predicted octanol–water partition coefficient (Wildman–Crippen LogP) is 2.00. The van der Waals surface area contributed by atoms with Crippen molar-refractivity contribution in [2.24, 2.45) is 0 Å². The highest BCUT2D eigenvalue weighted by molar-refractivity contribution is 6.22. The Morgan fingerprint density at radius 2 is 1.48 bits per heavy atom. The van der Waals surface area contributed by atoms with Crippen molar-refractivity contribution in [3.8, 4) is 0 Å². The number of imide groups is 1. The molecule has 1 saturated heterocycles. The van der Waals surface area contributed by atoms with Crippen LogP contribution in [0.3, 0.4) is 0 Å². The maximum atomic E-state index is 13.1. The molecule has 3 aliphatic rings. The minimum atomic E-state index is -0.295. The molecule has 0 radical (unpaired) electrons. The Bertz CT molecular complexity index is 1110. The molecule has 9 heteroatoms. The van der Waals surface area contributed by atoms with Crippen LogP contribution in [-0.2, 0) is 0 Å². The first-order chi connectivity index (χ1) is 16.0. The molecular weight excluding hydrogens is 422 g/mol. The lowest BCUT2D eigenvalue weighted by Crippen LogP contribution is -2.50. The summed E-state index contributed by atoms with van der Waals surface area (Å²) >= 11 is 0. The van der Waals surface area contributed by atoms with Crippen molar-refractivity contribution in [2.75, 3.05) is 26.2 Å². The normalized spacial score (nSPS) is 19.1. The third-order valence-corrected chi connectivity index (χ3v) is 6.74. The number of nitrogens with zero attached hydrogens (tertiary/aromatic N) is 5. The van der Waals surface area contributed by atoms with Crippen molar-refractivity contribution in [3.63, 3.8) is 0 Å². The van der Waals surface area contributed by atoms with E-state index in [4.69, 9.17) is 0 Å². The van der Waals surface area contributed by atoms with E-state index in [1.54, 1.807) is 28.0 Å². The molecule has 170 valence electrons. The number of fused-ring (bicyclic) bond motifs is 1.